The number of fused-ring (bicyclic) bond motifs is 1. The van der Waals surface area contributed by atoms with Crippen LogP contribution in [-0.4, -0.2) is 24.4 Å². The van der Waals surface area contributed by atoms with Gasteiger partial charge in [0.1, 0.15) is 24.2 Å². The molecule has 1 unspecified atom stereocenters. The van der Waals surface area contributed by atoms with Gasteiger partial charge in [-0.1, -0.05) is 72.8 Å². The van der Waals surface area contributed by atoms with Crippen LogP contribution in [0.1, 0.15) is 22.7 Å². The average molecular weight is 379 g/mol. The van der Waals surface area contributed by atoms with Crippen LogP contribution < -0.4 is 4.74 Å². The Morgan fingerprint density at radius 3 is 2.26 bits per heavy atom. The summed E-state index contributed by atoms with van der Waals surface area (Å²) in [7, 11) is 2.08. The normalized spacial score (nSPS) is 15.8. The standard InChI is InChI=1S/C23H22N2O.ClH/c1-25-16-19-12-8-9-15-21(19)23(18-10-4-2-5-11-18)24-22(25)17-26-20-13-6-3-7-14-20;/h2-15,23H,16-17H2,1H3;1H. The summed E-state index contributed by atoms with van der Waals surface area (Å²) in [6, 6.07) is 28.9. The van der Waals surface area contributed by atoms with Crippen molar-refractivity contribution in [2.24, 2.45) is 4.99 Å². The molecule has 0 aromatic heterocycles. The Hall–Kier alpha value is -2.78. The van der Waals surface area contributed by atoms with Gasteiger partial charge in [0.15, 0.2) is 0 Å². The summed E-state index contributed by atoms with van der Waals surface area (Å²) in [5.74, 6) is 1.82. The minimum atomic E-state index is -0.00766. The van der Waals surface area contributed by atoms with Gasteiger partial charge in [0.2, 0.25) is 0 Å². The van der Waals surface area contributed by atoms with Crippen LogP contribution >= 0.6 is 12.4 Å². The first-order valence-corrected chi connectivity index (χ1v) is 8.89. The molecule has 1 aliphatic heterocycles. The summed E-state index contributed by atoms with van der Waals surface area (Å²) in [5.41, 5.74) is 3.77. The molecule has 0 saturated heterocycles. The molecule has 1 aliphatic rings. The molecular formula is C23H23ClN2O. The van der Waals surface area contributed by atoms with E-state index < -0.39 is 0 Å². The maximum absolute atomic E-state index is 5.98. The number of aliphatic imine (C=N–C) groups is 1. The third kappa shape index (κ3) is 4.32. The van der Waals surface area contributed by atoms with Gasteiger partial charge < -0.3 is 9.64 Å². The number of hydrogen-bond acceptors (Lipinski definition) is 3. The molecule has 3 aromatic rings. The smallest absolute Gasteiger partial charge is 0.145 e. The van der Waals surface area contributed by atoms with Gasteiger partial charge in [0.05, 0.1) is 0 Å². The molecule has 0 radical (unpaired) electrons. The highest BCUT2D eigenvalue weighted by molar-refractivity contribution is 5.85. The zero-order valence-corrected chi connectivity index (χ0v) is 16.1. The number of rotatable bonds is 4. The van der Waals surface area contributed by atoms with Crippen molar-refractivity contribution in [3.05, 3.63) is 102 Å². The van der Waals surface area contributed by atoms with Gasteiger partial charge in [-0.3, -0.25) is 4.99 Å². The zero-order chi connectivity index (χ0) is 17.8. The molecule has 4 rings (SSSR count). The molecule has 0 spiro atoms. The number of hydrogen-bond donors (Lipinski definition) is 0. The lowest BCUT2D eigenvalue weighted by molar-refractivity contribution is 0.349. The van der Waals surface area contributed by atoms with Crippen LogP contribution in [0, 0.1) is 0 Å². The van der Waals surface area contributed by atoms with E-state index in [0.717, 1.165) is 18.1 Å². The van der Waals surface area contributed by atoms with Crippen molar-refractivity contribution in [1.29, 1.82) is 0 Å². The summed E-state index contributed by atoms with van der Waals surface area (Å²) < 4.78 is 5.98. The largest absolute Gasteiger partial charge is 0.486 e. The molecule has 138 valence electrons. The number of likely N-dealkylation sites (N-methyl/N-ethyl adjacent to an activating group) is 1. The predicted molar refractivity (Wildman–Crippen MR) is 113 cm³/mol. The minimum Gasteiger partial charge on any atom is -0.486 e. The highest BCUT2D eigenvalue weighted by atomic mass is 35.5. The third-order valence-electron chi connectivity index (χ3n) is 4.70. The lowest BCUT2D eigenvalue weighted by Crippen LogP contribution is -2.30. The van der Waals surface area contributed by atoms with Gasteiger partial charge in [-0.2, -0.15) is 0 Å². The first-order valence-electron chi connectivity index (χ1n) is 8.89. The SMILES string of the molecule is CN1Cc2ccccc2C(c2ccccc2)N=C1COc1ccccc1.Cl. The van der Waals surface area contributed by atoms with Crippen LogP contribution in [0.25, 0.3) is 0 Å². The van der Waals surface area contributed by atoms with E-state index in [4.69, 9.17) is 9.73 Å². The van der Waals surface area contributed by atoms with Gasteiger partial charge in [0, 0.05) is 13.6 Å². The fraction of sp³-hybridized carbons (Fsp3) is 0.174. The van der Waals surface area contributed by atoms with Crippen molar-refractivity contribution in [2.75, 3.05) is 13.7 Å². The highest BCUT2D eigenvalue weighted by Crippen LogP contribution is 2.32. The molecule has 0 amide bonds. The molecular weight excluding hydrogens is 356 g/mol. The number of para-hydroxylation sites is 1. The number of nitrogens with zero attached hydrogens (tertiary/aromatic N) is 2. The van der Waals surface area contributed by atoms with E-state index in [-0.39, 0.29) is 18.4 Å². The van der Waals surface area contributed by atoms with Crippen molar-refractivity contribution in [3.8, 4) is 5.75 Å². The van der Waals surface area contributed by atoms with Gasteiger partial charge in [-0.05, 0) is 28.8 Å². The van der Waals surface area contributed by atoms with Gasteiger partial charge >= 0.3 is 0 Å². The van der Waals surface area contributed by atoms with Crippen LogP contribution in [0.3, 0.4) is 0 Å². The van der Waals surface area contributed by atoms with Gasteiger partial charge in [-0.15, -0.1) is 12.4 Å². The molecule has 3 aromatic carbocycles. The summed E-state index contributed by atoms with van der Waals surface area (Å²) >= 11 is 0. The lowest BCUT2D eigenvalue weighted by atomic mass is 9.95. The molecule has 0 fully saturated rings. The fourth-order valence-electron chi connectivity index (χ4n) is 3.31. The van der Waals surface area contributed by atoms with Crippen molar-refractivity contribution >= 4 is 18.2 Å². The Morgan fingerprint density at radius 2 is 1.52 bits per heavy atom. The van der Waals surface area contributed by atoms with Crippen molar-refractivity contribution < 1.29 is 4.74 Å². The maximum Gasteiger partial charge on any atom is 0.145 e. The fourth-order valence-corrected chi connectivity index (χ4v) is 3.31. The summed E-state index contributed by atoms with van der Waals surface area (Å²) in [6.07, 6.45) is 0. The second kappa shape index (κ2) is 8.74. The van der Waals surface area contributed by atoms with E-state index in [0.29, 0.717) is 6.61 Å². The van der Waals surface area contributed by atoms with Crippen LogP contribution in [-0.2, 0) is 6.54 Å². The quantitative estimate of drug-likeness (QED) is 0.629. The Bertz CT molecular complexity index is 897. The monoisotopic (exact) mass is 378 g/mol. The molecule has 0 aliphatic carbocycles. The van der Waals surface area contributed by atoms with Gasteiger partial charge in [-0.25, -0.2) is 0 Å². The van der Waals surface area contributed by atoms with E-state index in [1.807, 2.05) is 36.4 Å². The second-order valence-corrected chi connectivity index (χ2v) is 6.52. The van der Waals surface area contributed by atoms with Crippen LogP contribution in [0.15, 0.2) is 89.9 Å². The van der Waals surface area contributed by atoms with Gasteiger partial charge in [0.25, 0.3) is 0 Å². The van der Waals surface area contributed by atoms with E-state index in [2.05, 4.69) is 60.5 Å². The number of benzene rings is 3. The first kappa shape index (κ1) is 19.0. The van der Waals surface area contributed by atoms with E-state index in [9.17, 15) is 0 Å². The molecule has 1 heterocycles. The Balaban J connectivity index is 0.00000210. The molecule has 3 nitrogen and oxygen atoms in total. The molecule has 0 bridgehead atoms. The summed E-state index contributed by atoms with van der Waals surface area (Å²) in [5, 5.41) is 0. The molecule has 0 saturated carbocycles. The minimum absolute atomic E-state index is 0. The average Bonchev–Trinajstić information content (AvgIpc) is 2.84. The first-order chi connectivity index (χ1) is 12.8. The molecule has 1 atom stereocenters. The Kier molecular flexibility index (Phi) is 6.15. The maximum atomic E-state index is 5.98. The number of ether oxygens (including phenoxy) is 1. The number of amidine groups is 1. The molecule has 0 N–H and O–H groups in total. The van der Waals surface area contributed by atoms with E-state index in [1.54, 1.807) is 0 Å². The zero-order valence-electron chi connectivity index (χ0n) is 15.3. The van der Waals surface area contributed by atoms with Crippen molar-refractivity contribution in [1.82, 2.24) is 4.90 Å². The van der Waals surface area contributed by atoms with Crippen LogP contribution in [0.4, 0.5) is 0 Å². The van der Waals surface area contributed by atoms with E-state index >= 15 is 0 Å². The second-order valence-electron chi connectivity index (χ2n) is 6.52. The Labute approximate surface area is 166 Å². The highest BCUT2D eigenvalue weighted by Gasteiger charge is 2.23. The van der Waals surface area contributed by atoms with E-state index in [1.165, 1.54) is 16.7 Å². The topological polar surface area (TPSA) is 24.8 Å². The number of halogens is 1. The summed E-state index contributed by atoms with van der Waals surface area (Å²) in [6.45, 7) is 1.29. The van der Waals surface area contributed by atoms with Crippen LogP contribution in [0.2, 0.25) is 0 Å². The lowest BCUT2D eigenvalue weighted by Gasteiger charge is -2.20. The Morgan fingerprint density at radius 1 is 0.889 bits per heavy atom. The van der Waals surface area contributed by atoms with Crippen molar-refractivity contribution in [3.63, 3.8) is 0 Å². The van der Waals surface area contributed by atoms with Crippen LogP contribution in [0.5, 0.6) is 5.75 Å². The predicted octanol–water partition coefficient (Wildman–Crippen LogP) is 5.12. The summed E-state index contributed by atoms with van der Waals surface area (Å²) in [4.78, 5) is 7.29. The van der Waals surface area contributed by atoms with Crippen molar-refractivity contribution in [2.45, 2.75) is 12.6 Å². The molecule has 4 heteroatoms. The third-order valence-corrected chi connectivity index (χ3v) is 4.70. The molecule has 27 heavy (non-hydrogen) atoms.